The number of hydrogen-bond donors (Lipinski definition) is 3. The summed E-state index contributed by atoms with van der Waals surface area (Å²) in [4.78, 5) is 20.4. The minimum absolute atomic E-state index is 0.247. The molecule has 0 heterocycles. The molecule has 0 bridgehead atoms. The van der Waals surface area contributed by atoms with Crippen LogP contribution in [0.3, 0.4) is 0 Å². The van der Waals surface area contributed by atoms with Crippen LogP contribution < -0.4 is 5.32 Å². The molecule has 5 heteroatoms. The van der Waals surface area contributed by atoms with E-state index in [2.05, 4.69) is 0 Å². The van der Waals surface area contributed by atoms with Gasteiger partial charge in [-0.05, 0) is 5.92 Å². The molecule has 11 heavy (non-hydrogen) atoms. The molecule has 0 aliphatic heterocycles. The molecule has 3 N–H and O–H groups in total. The molecule has 1 atom stereocenters. The predicted molar refractivity (Wildman–Crippen MR) is 37.4 cm³/mol. The van der Waals surface area contributed by atoms with Crippen LogP contribution in [-0.4, -0.2) is 28.3 Å². The summed E-state index contributed by atoms with van der Waals surface area (Å²) in [6.07, 6.45) is -1.31. The fourth-order valence-corrected chi connectivity index (χ4v) is 0.647. The van der Waals surface area contributed by atoms with Gasteiger partial charge in [0.2, 0.25) is 0 Å². The first-order valence-electron chi connectivity index (χ1n) is 3.17. The van der Waals surface area contributed by atoms with Crippen LogP contribution in [0.25, 0.3) is 0 Å². The van der Waals surface area contributed by atoms with E-state index in [1.54, 1.807) is 13.8 Å². The van der Waals surface area contributed by atoms with Gasteiger partial charge in [0.1, 0.15) is 6.04 Å². The molecule has 5 nitrogen and oxygen atoms in total. The third-order valence-electron chi connectivity index (χ3n) is 1.21. The van der Waals surface area contributed by atoms with E-state index in [9.17, 15) is 9.59 Å². The lowest BCUT2D eigenvalue weighted by molar-refractivity contribution is -0.140. The molecule has 1 unspecified atom stereocenters. The largest absolute Gasteiger partial charge is 0.480 e. The first kappa shape index (κ1) is 9.74. The average molecular weight is 161 g/mol. The maximum Gasteiger partial charge on any atom is 0.405 e. The first-order valence-corrected chi connectivity index (χ1v) is 3.17. The Bertz CT molecular complexity index is 166. The molecule has 0 spiro atoms. The highest BCUT2D eigenvalue weighted by molar-refractivity contribution is 5.79. The first-order chi connectivity index (χ1) is 4.95. The van der Waals surface area contributed by atoms with E-state index in [-0.39, 0.29) is 5.92 Å². The van der Waals surface area contributed by atoms with E-state index in [1.165, 1.54) is 0 Å². The molecule has 0 aliphatic rings. The zero-order valence-electron chi connectivity index (χ0n) is 6.37. The van der Waals surface area contributed by atoms with Gasteiger partial charge >= 0.3 is 12.1 Å². The fraction of sp³-hybridized carbons (Fsp3) is 0.667. The second kappa shape index (κ2) is 3.80. The lowest BCUT2D eigenvalue weighted by atomic mass is 10.1. The molecule has 1 amide bonds. The van der Waals surface area contributed by atoms with Crippen LogP contribution in [0.1, 0.15) is 13.8 Å². The van der Waals surface area contributed by atoms with Gasteiger partial charge in [0.25, 0.3) is 0 Å². The quantitative estimate of drug-likeness (QED) is 0.557. The van der Waals surface area contributed by atoms with E-state index in [0.717, 1.165) is 0 Å². The highest BCUT2D eigenvalue weighted by Gasteiger charge is 2.22. The third-order valence-corrected chi connectivity index (χ3v) is 1.21. The second-order valence-electron chi connectivity index (χ2n) is 2.51. The Morgan fingerprint density at radius 1 is 1.27 bits per heavy atom. The lowest BCUT2D eigenvalue weighted by Crippen LogP contribution is -2.43. The summed E-state index contributed by atoms with van der Waals surface area (Å²) >= 11 is 0. The smallest absolute Gasteiger partial charge is 0.405 e. The number of carboxylic acids is 1. The van der Waals surface area contributed by atoms with Gasteiger partial charge in [-0.3, -0.25) is 0 Å². The van der Waals surface area contributed by atoms with Gasteiger partial charge in [0, 0.05) is 0 Å². The topological polar surface area (TPSA) is 86.6 Å². The van der Waals surface area contributed by atoms with Gasteiger partial charge in [-0.15, -0.1) is 0 Å². The Balaban J connectivity index is 4.12. The molecule has 0 aromatic heterocycles. The van der Waals surface area contributed by atoms with E-state index in [0.29, 0.717) is 0 Å². The number of amides is 1. The van der Waals surface area contributed by atoms with Crippen molar-refractivity contribution in [1.82, 2.24) is 5.32 Å². The Morgan fingerprint density at radius 2 is 1.73 bits per heavy atom. The Hall–Kier alpha value is -1.26. The minimum Gasteiger partial charge on any atom is -0.480 e. The van der Waals surface area contributed by atoms with Gasteiger partial charge in [-0.25, -0.2) is 9.59 Å². The van der Waals surface area contributed by atoms with Crippen molar-refractivity contribution >= 4 is 12.1 Å². The molecule has 0 rings (SSSR count). The van der Waals surface area contributed by atoms with Crippen molar-refractivity contribution in [3.05, 3.63) is 0 Å². The van der Waals surface area contributed by atoms with E-state index >= 15 is 0 Å². The van der Waals surface area contributed by atoms with Crippen molar-refractivity contribution in [3.8, 4) is 0 Å². The molecule has 0 aromatic rings. The maximum atomic E-state index is 10.4. The number of nitrogens with one attached hydrogen (secondary N) is 1. The monoisotopic (exact) mass is 161 g/mol. The molecule has 0 saturated heterocycles. The highest BCUT2D eigenvalue weighted by atomic mass is 16.4. The van der Waals surface area contributed by atoms with Crippen molar-refractivity contribution in [2.24, 2.45) is 5.92 Å². The molecule has 0 aliphatic carbocycles. The average Bonchev–Trinajstić information content (AvgIpc) is 1.81. The fourth-order valence-electron chi connectivity index (χ4n) is 0.647. The summed E-state index contributed by atoms with van der Waals surface area (Å²) < 4.78 is 0. The van der Waals surface area contributed by atoms with Crippen molar-refractivity contribution in [2.45, 2.75) is 19.9 Å². The molecular formula is C6H11NO4. The number of carboxylic acid groups (broad SMARTS) is 2. The van der Waals surface area contributed by atoms with Crippen molar-refractivity contribution in [2.75, 3.05) is 0 Å². The predicted octanol–water partition coefficient (Wildman–Crippen LogP) is 0.363. The molecule has 0 radical (unpaired) electrons. The highest BCUT2D eigenvalue weighted by Crippen LogP contribution is 2.00. The van der Waals surface area contributed by atoms with Crippen molar-refractivity contribution in [3.63, 3.8) is 0 Å². The maximum absolute atomic E-state index is 10.4. The van der Waals surface area contributed by atoms with Crippen LogP contribution in [0.5, 0.6) is 0 Å². The number of hydrogen-bond acceptors (Lipinski definition) is 2. The van der Waals surface area contributed by atoms with E-state index in [4.69, 9.17) is 10.2 Å². The Morgan fingerprint density at radius 3 is 1.82 bits per heavy atom. The summed E-state index contributed by atoms with van der Waals surface area (Å²) in [7, 11) is 0. The van der Waals surface area contributed by atoms with Crippen LogP contribution >= 0.6 is 0 Å². The van der Waals surface area contributed by atoms with Crippen LogP contribution in [0.15, 0.2) is 0 Å². The summed E-state index contributed by atoms with van der Waals surface area (Å²) in [5.41, 5.74) is 0. The zero-order chi connectivity index (χ0) is 9.02. The molecular weight excluding hydrogens is 150 g/mol. The van der Waals surface area contributed by atoms with E-state index < -0.39 is 18.1 Å². The summed E-state index contributed by atoms with van der Waals surface area (Å²) in [6, 6.07) is -1.02. The Kier molecular flexibility index (Phi) is 3.36. The van der Waals surface area contributed by atoms with Crippen LogP contribution in [0.2, 0.25) is 0 Å². The zero-order valence-corrected chi connectivity index (χ0v) is 6.37. The van der Waals surface area contributed by atoms with Crippen molar-refractivity contribution in [1.29, 1.82) is 0 Å². The van der Waals surface area contributed by atoms with Gasteiger partial charge in [-0.1, -0.05) is 13.8 Å². The molecule has 0 saturated carbocycles. The minimum atomic E-state index is -1.31. The summed E-state index contributed by atoms with van der Waals surface area (Å²) in [5, 5.41) is 18.6. The van der Waals surface area contributed by atoms with Crippen LogP contribution in [-0.2, 0) is 4.79 Å². The van der Waals surface area contributed by atoms with Crippen LogP contribution in [0.4, 0.5) is 4.79 Å². The van der Waals surface area contributed by atoms with Gasteiger partial charge in [0.15, 0.2) is 0 Å². The molecule has 0 aromatic carbocycles. The van der Waals surface area contributed by atoms with Gasteiger partial charge < -0.3 is 15.5 Å². The third kappa shape index (κ3) is 3.44. The Labute approximate surface area is 64.0 Å². The van der Waals surface area contributed by atoms with Crippen molar-refractivity contribution < 1.29 is 19.8 Å². The molecule has 64 valence electrons. The normalized spacial score (nSPS) is 12.6. The SMILES string of the molecule is CC(C)C(NC(=O)O)C(=O)O. The van der Waals surface area contributed by atoms with E-state index in [1.807, 2.05) is 5.32 Å². The number of carbonyl (C=O) groups is 2. The summed E-state index contributed by atoms with van der Waals surface area (Å²) in [5.74, 6) is -1.40. The number of aliphatic carboxylic acids is 1. The van der Waals surface area contributed by atoms with Crippen LogP contribution in [0, 0.1) is 5.92 Å². The second-order valence-corrected chi connectivity index (χ2v) is 2.51. The van der Waals surface area contributed by atoms with Gasteiger partial charge in [0.05, 0.1) is 0 Å². The molecule has 0 fully saturated rings. The lowest BCUT2D eigenvalue weighted by Gasteiger charge is -2.14. The standard InChI is InChI=1S/C6H11NO4/c1-3(2)4(5(8)9)7-6(10)11/h3-4,7H,1-2H3,(H,8,9)(H,10,11). The summed E-state index contributed by atoms with van der Waals surface area (Å²) in [6.45, 7) is 3.27. The van der Waals surface area contributed by atoms with Gasteiger partial charge in [-0.2, -0.15) is 0 Å². The number of rotatable bonds is 3.